The molecule has 1 aliphatic rings. The van der Waals surface area contributed by atoms with Crippen molar-refractivity contribution in [2.75, 3.05) is 19.1 Å². The van der Waals surface area contributed by atoms with E-state index >= 15 is 0 Å². The number of carboxylic acid groups (broad SMARTS) is 1. The maximum Gasteiger partial charge on any atom is 0.507 e. The number of thiazole rings is 1. The third-order valence-electron chi connectivity index (χ3n) is 6.45. The van der Waals surface area contributed by atoms with Crippen molar-refractivity contribution in [2.45, 2.75) is 64.6 Å². The average Bonchev–Trinajstić information content (AvgIpc) is 3.36. The second kappa shape index (κ2) is 10.6. The van der Waals surface area contributed by atoms with Gasteiger partial charge < -0.3 is 14.6 Å². The average molecular weight is 553 g/mol. The summed E-state index contributed by atoms with van der Waals surface area (Å²) >= 11 is 1.29. The number of amides is 1. The van der Waals surface area contributed by atoms with Gasteiger partial charge in [-0.15, -0.1) is 11.3 Å². The molecule has 11 heteroatoms. The molecule has 9 nitrogen and oxygen atoms in total. The third kappa shape index (κ3) is 6.43. The summed E-state index contributed by atoms with van der Waals surface area (Å²) < 4.78 is 36.0. The number of benzene rings is 1. The van der Waals surface area contributed by atoms with Crippen LogP contribution in [0.4, 0.5) is 4.79 Å². The predicted octanol–water partition coefficient (Wildman–Crippen LogP) is 5.13. The zero-order valence-electron chi connectivity index (χ0n) is 22.3. The van der Waals surface area contributed by atoms with Gasteiger partial charge in [-0.1, -0.05) is 40.7 Å². The van der Waals surface area contributed by atoms with Crippen LogP contribution in [0.1, 0.15) is 74.4 Å². The molecule has 1 aliphatic heterocycles. The highest BCUT2D eigenvalue weighted by Crippen LogP contribution is 2.52. The number of methoxy groups -OCH3 is 1. The number of sulfone groups is 1. The Morgan fingerprint density at radius 2 is 1.97 bits per heavy atom. The Kier molecular flexibility index (Phi) is 8.28. The highest BCUT2D eigenvalue weighted by Gasteiger charge is 2.58. The minimum absolute atomic E-state index is 0.0394. The first kappa shape index (κ1) is 28.9. The molecule has 3 rings (SSSR count). The van der Waals surface area contributed by atoms with E-state index in [1.807, 2.05) is 40.7 Å². The zero-order chi connectivity index (χ0) is 27.8. The molecule has 0 bridgehead atoms. The van der Waals surface area contributed by atoms with Crippen LogP contribution in [0.15, 0.2) is 29.8 Å². The van der Waals surface area contributed by atoms with Gasteiger partial charge in [-0.3, -0.25) is 9.69 Å². The Morgan fingerprint density at radius 3 is 2.46 bits per heavy atom. The molecular weight excluding hydrogens is 516 g/mol. The number of hydrogen-bond acceptors (Lipinski definition) is 8. The van der Waals surface area contributed by atoms with Gasteiger partial charge in [0.15, 0.2) is 5.72 Å². The number of likely N-dealkylation sites (tertiary alicyclic amines) is 1. The summed E-state index contributed by atoms with van der Waals surface area (Å²) in [6.07, 6.45) is 1.43. The monoisotopic (exact) mass is 552 g/mol. The van der Waals surface area contributed by atoms with E-state index in [9.17, 15) is 23.1 Å². The van der Waals surface area contributed by atoms with Crippen molar-refractivity contribution in [3.8, 4) is 5.75 Å². The van der Waals surface area contributed by atoms with Crippen LogP contribution in [0.2, 0.25) is 0 Å². The molecule has 0 aliphatic carbocycles. The Hall–Kier alpha value is -2.66. The van der Waals surface area contributed by atoms with Crippen molar-refractivity contribution in [3.05, 3.63) is 45.9 Å². The van der Waals surface area contributed by atoms with Gasteiger partial charge >= 0.3 is 6.16 Å². The van der Waals surface area contributed by atoms with Gasteiger partial charge in [0.25, 0.3) is 5.91 Å². The molecule has 1 amide bonds. The van der Waals surface area contributed by atoms with Crippen molar-refractivity contribution in [2.24, 2.45) is 11.8 Å². The number of hydrogen-bond donors (Lipinski definition) is 1. The SMILES string of the molecule is COc1cc(C(=O)N2[C@@H](c3nccs3)C(CS(C)(=O)=O)CC2(CC(C)C)OC(=O)O)ccc1C(C)(C)C. The molecule has 1 fully saturated rings. The molecule has 0 radical (unpaired) electrons. The molecule has 3 atom stereocenters. The van der Waals surface area contributed by atoms with Crippen LogP contribution in [0.25, 0.3) is 0 Å². The molecular formula is C26H36N2O7S2. The van der Waals surface area contributed by atoms with Crippen molar-refractivity contribution < 1.29 is 32.6 Å². The van der Waals surface area contributed by atoms with E-state index in [1.54, 1.807) is 23.7 Å². The van der Waals surface area contributed by atoms with Crippen LogP contribution in [-0.4, -0.2) is 60.3 Å². The lowest BCUT2D eigenvalue weighted by molar-refractivity contribution is -0.108. The maximum absolute atomic E-state index is 14.3. The summed E-state index contributed by atoms with van der Waals surface area (Å²) in [7, 11) is -1.94. The summed E-state index contributed by atoms with van der Waals surface area (Å²) in [6, 6.07) is 4.38. The second-order valence-electron chi connectivity index (χ2n) is 11.1. The van der Waals surface area contributed by atoms with Gasteiger partial charge in [-0.05, 0) is 29.0 Å². The van der Waals surface area contributed by atoms with E-state index in [0.717, 1.165) is 11.8 Å². The molecule has 1 aromatic carbocycles. The maximum atomic E-state index is 14.3. The largest absolute Gasteiger partial charge is 0.507 e. The lowest BCUT2D eigenvalue weighted by atomic mass is 9.85. The number of rotatable bonds is 8. The Labute approximate surface area is 222 Å². The number of carbonyl (C=O) groups excluding carboxylic acids is 1. The van der Waals surface area contributed by atoms with Gasteiger partial charge in [-0.25, -0.2) is 18.2 Å². The minimum Gasteiger partial charge on any atom is -0.496 e. The quantitative estimate of drug-likeness (QED) is 0.447. The first-order valence-corrected chi connectivity index (χ1v) is 15.0. The van der Waals surface area contributed by atoms with Crippen LogP contribution in [-0.2, 0) is 20.0 Å². The van der Waals surface area contributed by atoms with Gasteiger partial charge in [-0.2, -0.15) is 0 Å². The van der Waals surface area contributed by atoms with Gasteiger partial charge in [0.1, 0.15) is 20.6 Å². The minimum atomic E-state index is -3.47. The topological polar surface area (TPSA) is 123 Å². The standard InChI is InChI=1S/C26H36N2O7S2/c1-16(2)13-26(35-24(30)31)14-18(15-37(7,32)33)21(22-27-10-11-36-22)28(26)23(29)17-8-9-19(25(3,4)5)20(12-17)34-6/h8-12,16,18,21H,13-15H2,1-7H3,(H,30,31)/t18?,21-,26?/m1/s1. The summed E-state index contributed by atoms with van der Waals surface area (Å²) in [4.78, 5) is 32.1. The molecule has 1 N–H and O–H groups in total. The van der Waals surface area contributed by atoms with Crippen LogP contribution in [0, 0.1) is 11.8 Å². The van der Waals surface area contributed by atoms with E-state index < -0.39 is 39.6 Å². The smallest absolute Gasteiger partial charge is 0.496 e. The number of carbonyl (C=O) groups is 2. The Balaban J connectivity index is 2.25. The van der Waals surface area contributed by atoms with Gasteiger partial charge in [0.05, 0.1) is 18.9 Å². The van der Waals surface area contributed by atoms with E-state index in [0.29, 0.717) is 10.8 Å². The first-order chi connectivity index (χ1) is 17.1. The van der Waals surface area contributed by atoms with E-state index in [2.05, 4.69) is 4.98 Å². The molecule has 37 heavy (non-hydrogen) atoms. The van der Waals surface area contributed by atoms with E-state index in [-0.39, 0.29) is 35.5 Å². The number of aromatic nitrogens is 1. The van der Waals surface area contributed by atoms with Crippen molar-refractivity contribution in [1.29, 1.82) is 0 Å². The number of ether oxygens (including phenoxy) is 2. The highest BCUT2D eigenvalue weighted by atomic mass is 32.2. The zero-order valence-corrected chi connectivity index (χ0v) is 24.0. The summed E-state index contributed by atoms with van der Waals surface area (Å²) in [5.74, 6) is -0.849. The lowest BCUT2D eigenvalue weighted by Crippen LogP contribution is -2.52. The normalized spacial score (nSPS) is 22.3. The molecule has 2 unspecified atom stereocenters. The molecule has 0 spiro atoms. The number of nitrogens with zero attached hydrogens (tertiary/aromatic N) is 2. The molecule has 0 saturated carbocycles. The van der Waals surface area contributed by atoms with Crippen LogP contribution < -0.4 is 4.74 Å². The summed E-state index contributed by atoms with van der Waals surface area (Å²) in [6.45, 7) is 9.92. The fourth-order valence-corrected chi connectivity index (χ4v) is 7.22. The molecule has 1 saturated heterocycles. The van der Waals surface area contributed by atoms with Crippen LogP contribution in [0.3, 0.4) is 0 Å². The lowest BCUT2D eigenvalue weighted by Gasteiger charge is -2.40. The van der Waals surface area contributed by atoms with E-state index in [1.165, 1.54) is 23.3 Å². The van der Waals surface area contributed by atoms with Crippen molar-refractivity contribution in [3.63, 3.8) is 0 Å². The molecule has 2 heterocycles. The molecule has 1 aromatic heterocycles. The predicted molar refractivity (Wildman–Crippen MR) is 142 cm³/mol. The molecule has 2 aromatic rings. The second-order valence-corrected chi connectivity index (χ2v) is 14.2. The Bertz CT molecular complexity index is 1240. The Morgan fingerprint density at radius 1 is 1.30 bits per heavy atom. The highest BCUT2D eigenvalue weighted by molar-refractivity contribution is 7.90. The van der Waals surface area contributed by atoms with Crippen molar-refractivity contribution >= 4 is 33.2 Å². The van der Waals surface area contributed by atoms with Gasteiger partial charge in [0, 0.05) is 42.2 Å². The fourth-order valence-electron chi connectivity index (χ4n) is 5.32. The third-order valence-corrected chi connectivity index (χ3v) is 8.33. The fraction of sp³-hybridized carbons (Fsp3) is 0.577. The van der Waals surface area contributed by atoms with Gasteiger partial charge in [0.2, 0.25) is 0 Å². The summed E-state index contributed by atoms with van der Waals surface area (Å²) in [5.41, 5.74) is -0.611. The molecule has 204 valence electrons. The van der Waals surface area contributed by atoms with Crippen LogP contribution >= 0.6 is 11.3 Å². The summed E-state index contributed by atoms with van der Waals surface area (Å²) in [5, 5.41) is 12.0. The van der Waals surface area contributed by atoms with Crippen molar-refractivity contribution in [1.82, 2.24) is 9.88 Å². The first-order valence-electron chi connectivity index (χ1n) is 12.1. The van der Waals surface area contributed by atoms with Crippen LogP contribution in [0.5, 0.6) is 5.75 Å². The van der Waals surface area contributed by atoms with E-state index in [4.69, 9.17) is 9.47 Å².